The van der Waals surface area contributed by atoms with E-state index in [0.29, 0.717) is 40.6 Å². The molecule has 6 nitrogen and oxygen atoms in total. The Balaban J connectivity index is 1.70. The van der Waals surface area contributed by atoms with Crippen LogP contribution in [0.5, 0.6) is 11.5 Å². The summed E-state index contributed by atoms with van der Waals surface area (Å²) in [6.45, 7) is 0.653. The molecule has 0 aliphatic carbocycles. The summed E-state index contributed by atoms with van der Waals surface area (Å²) in [5.74, 6) is 0.490. The maximum absolute atomic E-state index is 13.9. The molecule has 166 valence electrons. The van der Waals surface area contributed by atoms with Gasteiger partial charge in [-0.3, -0.25) is 9.59 Å². The first kappa shape index (κ1) is 20.8. The molecule has 2 aliphatic heterocycles. The highest BCUT2D eigenvalue weighted by atomic mass is 16.5. The van der Waals surface area contributed by atoms with Gasteiger partial charge in [0.25, 0.3) is 11.8 Å². The zero-order valence-corrected chi connectivity index (χ0v) is 18.6. The number of imide groups is 1. The summed E-state index contributed by atoms with van der Waals surface area (Å²) < 4.78 is 10.8. The SMILES string of the molecule is COc1ccc(N2C(=O)C(c3ccccc3OC)=C(N3CCCc4ccccc43)C2=O)cc1. The van der Waals surface area contributed by atoms with Crippen molar-refractivity contribution in [1.82, 2.24) is 0 Å². The molecular formula is C27H24N2O4. The van der Waals surface area contributed by atoms with Crippen LogP contribution in [-0.4, -0.2) is 32.6 Å². The topological polar surface area (TPSA) is 59.1 Å². The lowest BCUT2D eigenvalue weighted by atomic mass is 9.98. The number of nitrogens with zero attached hydrogens (tertiary/aromatic N) is 2. The highest BCUT2D eigenvalue weighted by Gasteiger charge is 2.44. The minimum absolute atomic E-state index is 0.345. The second-order valence-corrected chi connectivity index (χ2v) is 7.95. The van der Waals surface area contributed by atoms with Gasteiger partial charge in [-0.25, -0.2) is 4.90 Å². The minimum Gasteiger partial charge on any atom is -0.497 e. The first-order valence-corrected chi connectivity index (χ1v) is 10.9. The molecule has 0 aromatic heterocycles. The molecule has 0 fully saturated rings. The lowest BCUT2D eigenvalue weighted by Crippen LogP contribution is -2.37. The van der Waals surface area contributed by atoms with Crippen LogP contribution in [0.3, 0.4) is 0 Å². The summed E-state index contributed by atoms with van der Waals surface area (Å²) in [5, 5.41) is 0. The zero-order chi connectivity index (χ0) is 22.9. The number of amides is 2. The third-order valence-electron chi connectivity index (χ3n) is 6.15. The fraction of sp³-hybridized carbons (Fsp3) is 0.185. The highest BCUT2D eigenvalue weighted by Crippen LogP contribution is 2.41. The molecule has 3 aromatic carbocycles. The van der Waals surface area contributed by atoms with Crippen molar-refractivity contribution in [3.8, 4) is 11.5 Å². The van der Waals surface area contributed by atoms with E-state index in [9.17, 15) is 9.59 Å². The minimum atomic E-state index is -0.368. The number of fused-ring (bicyclic) bond motifs is 1. The maximum atomic E-state index is 13.9. The molecule has 0 atom stereocenters. The van der Waals surface area contributed by atoms with E-state index in [1.165, 1.54) is 10.5 Å². The summed E-state index contributed by atoms with van der Waals surface area (Å²) in [4.78, 5) is 31.0. The molecule has 33 heavy (non-hydrogen) atoms. The molecule has 3 aromatic rings. The number of carbonyl (C=O) groups is 2. The fourth-order valence-electron chi connectivity index (χ4n) is 4.59. The van der Waals surface area contributed by atoms with Crippen LogP contribution in [-0.2, 0) is 16.0 Å². The van der Waals surface area contributed by atoms with Gasteiger partial charge >= 0.3 is 0 Å². The predicted octanol–water partition coefficient (Wildman–Crippen LogP) is 4.44. The van der Waals surface area contributed by atoms with E-state index in [-0.39, 0.29) is 11.8 Å². The average molecular weight is 440 g/mol. The van der Waals surface area contributed by atoms with E-state index in [4.69, 9.17) is 9.47 Å². The van der Waals surface area contributed by atoms with Gasteiger partial charge in [-0.2, -0.15) is 0 Å². The van der Waals surface area contributed by atoms with Crippen LogP contribution in [0.25, 0.3) is 5.57 Å². The van der Waals surface area contributed by atoms with Crippen LogP contribution >= 0.6 is 0 Å². The number of anilines is 2. The van der Waals surface area contributed by atoms with Crippen molar-refractivity contribution in [3.63, 3.8) is 0 Å². The Labute approximate surface area is 192 Å². The third kappa shape index (κ3) is 3.44. The summed E-state index contributed by atoms with van der Waals surface area (Å²) in [5.41, 5.74) is 3.96. The lowest BCUT2D eigenvalue weighted by molar-refractivity contribution is -0.120. The first-order chi connectivity index (χ1) is 16.1. The molecule has 0 saturated heterocycles. The number of benzene rings is 3. The van der Waals surface area contributed by atoms with Crippen LogP contribution in [0.2, 0.25) is 0 Å². The monoisotopic (exact) mass is 440 g/mol. The van der Waals surface area contributed by atoms with E-state index in [0.717, 1.165) is 18.5 Å². The van der Waals surface area contributed by atoms with Crippen molar-refractivity contribution in [3.05, 3.63) is 89.6 Å². The zero-order valence-electron chi connectivity index (χ0n) is 18.6. The van der Waals surface area contributed by atoms with Gasteiger partial charge in [-0.1, -0.05) is 36.4 Å². The van der Waals surface area contributed by atoms with E-state index >= 15 is 0 Å². The average Bonchev–Trinajstić information content (AvgIpc) is 3.13. The number of hydrogen-bond donors (Lipinski definition) is 0. The van der Waals surface area contributed by atoms with Crippen LogP contribution < -0.4 is 19.3 Å². The number of rotatable bonds is 5. The van der Waals surface area contributed by atoms with Crippen LogP contribution in [0.4, 0.5) is 11.4 Å². The van der Waals surface area contributed by atoms with Crippen molar-refractivity contribution >= 4 is 28.8 Å². The van der Waals surface area contributed by atoms with E-state index in [1.807, 2.05) is 41.3 Å². The fourth-order valence-corrected chi connectivity index (χ4v) is 4.59. The van der Waals surface area contributed by atoms with Gasteiger partial charge < -0.3 is 14.4 Å². The van der Waals surface area contributed by atoms with Crippen LogP contribution in [0, 0.1) is 0 Å². The van der Waals surface area contributed by atoms with Crippen molar-refractivity contribution in [2.45, 2.75) is 12.8 Å². The van der Waals surface area contributed by atoms with Crippen molar-refractivity contribution in [1.29, 1.82) is 0 Å². The Hall–Kier alpha value is -4.06. The Morgan fingerprint density at radius 2 is 1.52 bits per heavy atom. The van der Waals surface area contributed by atoms with E-state index < -0.39 is 0 Å². The molecule has 2 amide bonds. The number of hydrogen-bond acceptors (Lipinski definition) is 5. The largest absolute Gasteiger partial charge is 0.497 e. The quantitative estimate of drug-likeness (QED) is 0.549. The van der Waals surface area contributed by atoms with Gasteiger partial charge in [0.1, 0.15) is 17.2 Å². The van der Waals surface area contributed by atoms with Gasteiger partial charge in [-0.05, 0) is 54.8 Å². The molecule has 5 rings (SSSR count). The Bertz CT molecular complexity index is 1260. The molecule has 0 bridgehead atoms. The molecule has 0 unspecified atom stereocenters. The molecular weight excluding hydrogens is 416 g/mol. The Kier molecular flexibility index (Phi) is 5.34. The van der Waals surface area contributed by atoms with Crippen molar-refractivity contribution in [2.75, 3.05) is 30.6 Å². The Morgan fingerprint density at radius 3 is 2.27 bits per heavy atom. The molecule has 2 heterocycles. The van der Waals surface area contributed by atoms with Crippen molar-refractivity contribution in [2.24, 2.45) is 0 Å². The molecule has 2 aliphatic rings. The summed E-state index contributed by atoms with van der Waals surface area (Å²) >= 11 is 0. The Morgan fingerprint density at radius 1 is 0.788 bits per heavy atom. The van der Waals surface area contributed by atoms with Gasteiger partial charge in [0.15, 0.2) is 0 Å². The second kappa shape index (κ2) is 8.47. The molecule has 0 saturated carbocycles. The summed E-state index contributed by atoms with van der Waals surface area (Å²) in [6.07, 6.45) is 1.83. The number of aryl methyl sites for hydroxylation is 1. The van der Waals surface area contributed by atoms with E-state index in [2.05, 4.69) is 6.07 Å². The highest BCUT2D eigenvalue weighted by molar-refractivity contribution is 6.46. The number of para-hydroxylation sites is 2. The standard InChI is InChI=1S/C27H24N2O4/c1-32-20-15-13-19(14-16-20)29-26(30)24(21-10-4-6-12-23(21)33-2)25(27(29)31)28-17-7-9-18-8-3-5-11-22(18)28/h3-6,8,10-16H,7,9,17H2,1-2H3. The number of methoxy groups -OCH3 is 2. The first-order valence-electron chi connectivity index (χ1n) is 10.9. The second-order valence-electron chi connectivity index (χ2n) is 7.95. The normalized spacial score (nSPS) is 15.7. The predicted molar refractivity (Wildman–Crippen MR) is 128 cm³/mol. The third-order valence-corrected chi connectivity index (χ3v) is 6.15. The van der Waals surface area contributed by atoms with E-state index in [1.54, 1.807) is 44.6 Å². The van der Waals surface area contributed by atoms with Gasteiger partial charge in [0.2, 0.25) is 0 Å². The van der Waals surface area contributed by atoms with Gasteiger partial charge in [0.05, 0.1) is 25.5 Å². The number of ether oxygens (including phenoxy) is 2. The summed E-state index contributed by atoms with van der Waals surface area (Å²) in [6, 6.07) is 22.3. The summed E-state index contributed by atoms with van der Waals surface area (Å²) in [7, 11) is 3.15. The van der Waals surface area contributed by atoms with Crippen molar-refractivity contribution < 1.29 is 19.1 Å². The van der Waals surface area contributed by atoms with Crippen LogP contribution in [0.15, 0.2) is 78.5 Å². The molecule has 0 radical (unpaired) electrons. The van der Waals surface area contributed by atoms with Crippen LogP contribution in [0.1, 0.15) is 17.5 Å². The number of carbonyl (C=O) groups excluding carboxylic acids is 2. The smallest absolute Gasteiger partial charge is 0.282 e. The van der Waals surface area contributed by atoms with Gasteiger partial charge in [0, 0.05) is 17.8 Å². The molecule has 0 N–H and O–H groups in total. The molecule has 0 spiro atoms. The molecule has 6 heteroatoms. The van der Waals surface area contributed by atoms with Gasteiger partial charge in [-0.15, -0.1) is 0 Å². The maximum Gasteiger partial charge on any atom is 0.282 e. The lowest BCUT2D eigenvalue weighted by Gasteiger charge is -2.32.